The van der Waals surface area contributed by atoms with E-state index in [-0.39, 0.29) is 24.8 Å². The van der Waals surface area contributed by atoms with E-state index in [2.05, 4.69) is 49.4 Å². The van der Waals surface area contributed by atoms with Gasteiger partial charge in [0.1, 0.15) is 0 Å². The monoisotopic (exact) mass is 385 g/mol. The Morgan fingerprint density at radius 3 is 2.05 bits per heavy atom. The van der Waals surface area contributed by atoms with E-state index in [0.717, 1.165) is 0 Å². The van der Waals surface area contributed by atoms with Crippen molar-refractivity contribution >= 4 is 3.21 Å². The van der Waals surface area contributed by atoms with Gasteiger partial charge >= 0.3 is 59.5 Å². The topological polar surface area (TPSA) is 0 Å². The summed E-state index contributed by atoms with van der Waals surface area (Å²) in [7, 11) is 0. The molecule has 1 saturated carbocycles. The first-order valence-electron chi connectivity index (χ1n) is 6.91. The second kappa shape index (κ2) is 10.8. The van der Waals surface area contributed by atoms with Crippen LogP contribution in [-0.2, 0) is 24.2 Å². The molecule has 1 fully saturated rings. The van der Waals surface area contributed by atoms with Crippen LogP contribution in [0, 0.1) is 6.92 Å². The van der Waals surface area contributed by atoms with Crippen LogP contribution in [0.3, 0.4) is 0 Å². The first kappa shape index (κ1) is 20.2. The van der Waals surface area contributed by atoms with Crippen molar-refractivity contribution in [2.45, 2.75) is 44.9 Å². The molecule has 0 nitrogen and oxygen atoms in total. The first-order chi connectivity index (χ1) is 8.77. The zero-order valence-corrected chi connectivity index (χ0v) is 15.9. The van der Waals surface area contributed by atoms with Crippen LogP contribution in [-0.4, -0.2) is 3.21 Å². The molecule has 0 unspecified atom stereocenters. The number of hydrogen-bond acceptors (Lipinski definition) is 0. The second-order valence-corrected chi connectivity index (χ2v) is 6.86. The van der Waals surface area contributed by atoms with Crippen LogP contribution in [0.4, 0.5) is 0 Å². The molecule has 0 bridgehead atoms. The van der Waals surface area contributed by atoms with Crippen molar-refractivity contribution < 1.29 is 49.0 Å². The quantitative estimate of drug-likeness (QED) is 0.520. The molecule has 0 atom stereocenters. The minimum absolute atomic E-state index is 0. The van der Waals surface area contributed by atoms with Crippen molar-refractivity contribution in [1.29, 1.82) is 0 Å². The van der Waals surface area contributed by atoms with E-state index in [0.29, 0.717) is 5.92 Å². The molecule has 3 heteroatoms. The number of hydrogen-bond donors (Lipinski definition) is 0. The molecule has 0 spiro atoms. The van der Waals surface area contributed by atoms with Gasteiger partial charge in [-0.3, -0.25) is 0 Å². The Morgan fingerprint density at radius 1 is 1.05 bits per heavy atom. The van der Waals surface area contributed by atoms with Gasteiger partial charge in [0.05, 0.1) is 0 Å². The van der Waals surface area contributed by atoms with E-state index in [9.17, 15) is 0 Å². The van der Waals surface area contributed by atoms with E-state index >= 15 is 0 Å². The Kier molecular flexibility index (Phi) is 10.9. The Bertz CT molecular complexity index is 437. The van der Waals surface area contributed by atoms with Crippen molar-refractivity contribution in [2.24, 2.45) is 0 Å². The molecule has 0 aliphatic heterocycles. The Hall–Kier alpha value is 0.163. The molecule has 3 rings (SSSR count). The molecule has 0 heterocycles. The standard InChI is InChI=1S/C11H11.C6H10.2ClH.Zr/c1-9-5-4-8-11(9)10-6-2-3-7-10;1-2-4-6-5-3-1;;;/h2-8,10H,1H3;1-5H2;2*1H;/q-1;;;;+2/p-2. The third-order valence-corrected chi connectivity index (χ3v) is 4.87. The number of aryl methyl sites for hydroxylation is 1. The third-order valence-electron chi connectivity index (χ3n) is 3.64. The summed E-state index contributed by atoms with van der Waals surface area (Å²) < 4.78 is 1.80. The van der Waals surface area contributed by atoms with Gasteiger partial charge in [0.25, 0.3) is 0 Å². The van der Waals surface area contributed by atoms with Gasteiger partial charge in [-0.25, -0.2) is 12.1 Å². The average molecular weight is 387 g/mol. The molecule has 2 aliphatic carbocycles. The van der Waals surface area contributed by atoms with Gasteiger partial charge in [0.15, 0.2) is 0 Å². The van der Waals surface area contributed by atoms with Crippen LogP contribution in [0.15, 0.2) is 42.5 Å². The molecule has 0 radical (unpaired) electrons. The van der Waals surface area contributed by atoms with Gasteiger partial charge in [0.2, 0.25) is 0 Å². The third kappa shape index (κ3) is 6.29. The van der Waals surface area contributed by atoms with Crippen molar-refractivity contribution in [3.63, 3.8) is 0 Å². The van der Waals surface area contributed by atoms with Crippen molar-refractivity contribution in [2.75, 3.05) is 0 Å². The Morgan fingerprint density at radius 2 is 1.65 bits per heavy atom. The fourth-order valence-electron chi connectivity index (χ4n) is 2.52. The van der Waals surface area contributed by atoms with Gasteiger partial charge in [-0.2, -0.15) is 17.2 Å². The Labute approximate surface area is 150 Å². The predicted octanol–water partition coefficient (Wildman–Crippen LogP) is -1.40. The van der Waals surface area contributed by atoms with Gasteiger partial charge < -0.3 is 24.8 Å². The molecular weight excluding hydrogens is 366 g/mol. The summed E-state index contributed by atoms with van der Waals surface area (Å²) >= 11 is 1.69. The summed E-state index contributed by atoms with van der Waals surface area (Å²) in [4.78, 5) is 0. The predicted molar refractivity (Wildman–Crippen MR) is 75.9 cm³/mol. The van der Waals surface area contributed by atoms with Gasteiger partial charge in [-0.15, -0.1) is 0 Å². The summed E-state index contributed by atoms with van der Waals surface area (Å²) in [5, 5.41) is 0. The summed E-state index contributed by atoms with van der Waals surface area (Å²) in [6, 6.07) is 6.47. The van der Waals surface area contributed by atoms with Gasteiger partial charge in [0, 0.05) is 0 Å². The van der Waals surface area contributed by atoms with E-state index in [1.807, 2.05) is 0 Å². The van der Waals surface area contributed by atoms with E-state index in [1.165, 1.54) is 43.2 Å². The van der Waals surface area contributed by atoms with Crippen LogP contribution in [0.1, 0.15) is 49.1 Å². The number of rotatable bonds is 1. The zero-order chi connectivity index (χ0) is 12.8. The van der Waals surface area contributed by atoms with Crippen molar-refractivity contribution in [3.8, 4) is 0 Å². The van der Waals surface area contributed by atoms with Crippen molar-refractivity contribution in [3.05, 3.63) is 53.6 Å². The molecule has 20 heavy (non-hydrogen) atoms. The summed E-state index contributed by atoms with van der Waals surface area (Å²) in [5.41, 5.74) is 2.83. The minimum atomic E-state index is 0. The molecule has 0 aromatic heterocycles. The Balaban J connectivity index is 0.000000356. The molecule has 1 aromatic rings. The number of allylic oxidation sites excluding steroid dienone is 4. The van der Waals surface area contributed by atoms with E-state index < -0.39 is 0 Å². The van der Waals surface area contributed by atoms with Crippen LogP contribution in [0.25, 0.3) is 0 Å². The SMILES string of the molecule is C[c-]1cccc1C1C=CC=C1.[Cl-].[Cl-].[Zr+2]=[C]1CCCCC1. The molecule has 1 aromatic carbocycles. The van der Waals surface area contributed by atoms with Crippen molar-refractivity contribution in [1.82, 2.24) is 0 Å². The summed E-state index contributed by atoms with van der Waals surface area (Å²) in [6.45, 7) is 2.16. The van der Waals surface area contributed by atoms with Crippen LogP contribution >= 0.6 is 0 Å². The number of halogens is 2. The molecule has 108 valence electrons. The van der Waals surface area contributed by atoms with E-state index in [1.54, 1.807) is 27.4 Å². The summed E-state index contributed by atoms with van der Waals surface area (Å²) in [5.74, 6) is 0.532. The van der Waals surface area contributed by atoms with Crippen LogP contribution in [0.5, 0.6) is 0 Å². The van der Waals surface area contributed by atoms with Crippen LogP contribution in [0.2, 0.25) is 0 Å². The van der Waals surface area contributed by atoms with E-state index in [4.69, 9.17) is 0 Å². The first-order valence-corrected chi connectivity index (χ1v) is 8.14. The molecular formula is C17H21Cl2Zr-. The maximum atomic E-state index is 2.22. The average Bonchev–Trinajstić information content (AvgIpc) is 3.01. The fourth-order valence-corrected chi connectivity index (χ4v) is 3.38. The molecule has 0 amide bonds. The fraction of sp³-hybridized carbons (Fsp3) is 0.412. The normalized spacial score (nSPS) is 17.1. The van der Waals surface area contributed by atoms with Crippen LogP contribution < -0.4 is 24.8 Å². The van der Waals surface area contributed by atoms with Gasteiger partial charge in [-0.1, -0.05) is 31.2 Å². The maximum absolute atomic E-state index is 2.22. The van der Waals surface area contributed by atoms with Gasteiger partial charge in [-0.05, 0) is 5.92 Å². The summed E-state index contributed by atoms with van der Waals surface area (Å²) in [6.07, 6.45) is 16.0. The molecule has 0 N–H and O–H groups in total. The molecule has 2 aliphatic rings. The zero-order valence-electron chi connectivity index (χ0n) is 11.9. The second-order valence-electron chi connectivity index (χ2n) is 5.12. The molecule has 0 saturated heterocycles.